The third kappa shape index (κ3) is 2.14. The molecule has 0 fully saturated rings. The Hall–Kier alpha value is -2.11. The number of hydrogen-bond donors (Lipinski definition) is 2. The molecule has 2 heterocycles. The number of ketones is 1. The lowest BCUT2D eigenvalue weighted by atomic mass is 9.79. The summed E-state index contributed by atoms with van der Waals surface area (Å²) in [6, 6.07) is -0.00148. The van der Waals surface area contributed by atoms with E-state index in [-0.39, 0.29) is 11.8 Å². The van der Waals surface area contributed by atoms with E-state index in [1.165, 1.54) is 0 Å². The summed E-state index contributed by atoms with van der Waals surface area (Å²) >= 11 is 0. The van der Waals surface area contributed by atoms with Gasteiger partial charge in [0.15, 0.2) is 5.78 Å². The number of aromatic nitrogens is 2. The standard InChI is InChI=1S/C15H18N4O2/c20-11-8-4-7-10-12(11)13(9-5-2-1-3-6-9)17-15-14(16-10)18-21-19-15/h1-2,9,13H,3-8H2,(H,16,18)(H,17,19)/t9-,13-/m1/s1. The first-order valence-electron chi connectivity index (χ1n) is 7.60. The fourth-order valence-electron chi connectivity index (χ4n) is 3.56. The quantitative estimate of drug-likeness (QED) is 0.773. The third-order valence-corrected chi connectivity index (χ3v) is 4.60. The van der Waals surface area contributed by atoms with E-state index in [0.29, 0.717) is 24.0 Å². The van der Waals surface area contributed by atoms with Crippen molar-refractivity contribution in [3.05, 3.63) is 23.4 Å². The molecule has 0 radical (unpaired) electrons. The summed E-state index contributed by atoms with van der Waals surface area (Å²) < 4.78 is 4.82. The van der Waals surface area contributed by atoms with Crippen LogP contribution in [0.2, 0.25) is 0 Å². The van der Waals surface area contributed by atoms with Crippen LogP contribution in [0.4, 0.5) is 11.6 Å². The Labute approximate surface area is 122 Å². The number of carbonyl (C=O) groups excluding carboxylic acids is 1. The first-order chi connectivity index (χ1) is 10.3. The highest BCUT2D eigenvalue weighted by Gasteiger charge is 2.36. The topological polar surface area (TPSA) is 80.1 Å². The molecule has 2 aliphatic carbocycles. The lowest BCUT2D eigenvalue weighted by Gasteiger charge is -2.31. The molecule has 0 amide bonds. The summed E-state index contributed by atoms with van der Waals surface area (Å²) in [5.74, 6) is 1.85. The van der Waals surface area contributed by atoms with Crippen LogP contribution in [0.5, 0.6) is 0 Å². The van der Waals surface area contributed by atoms with Gasteiger partial charge in [-0.15, -0.1) is 0 Å². The number of nitrogens with one attached hydrogen (secondary N) is 2. The molecule has 0 aromatic carbocycles. The summed E-state index contributed by atoms with van der Waals surface area (Å²) in [7, 11) is 0. The Bertz CT molecular complexity index is 631. The van der Waals surface area contributed by atoms with Gasteiger partial charge >= 0.3 is 0 Å². The molecule has 0 bridgehead atoms. The zero-order valence-corrected chi connectivity index (χ0v) is 11.8. The van der Waals surface area contributed by atoms with Gasteiger partial charge in [0.05, 0.1) is 6.04 Å². The zero-order chi connectivity index (χ0) is 14.2. The Morgan fingerprint density at radius 2 is 2.10 bits per heavy atom. The summed E-state index contributed by atoms with van der Waals surface area (Å²) in [4.78, 5) is 12.5. The fourth-order valence-corrected chi connectivity index (χ4v) is 3.56. The molecular weight excluding hydrogens is 268 g/mol. The van der Waals surface area contributed by atoms with Crippen molar-refractivity contribution < 1.29 is 9.42 Å². The molecule has 1 aromatic heterocycles. The molecule has 3 aliphatic rings. The van der Waals surface area contributed by atoms with Crippen molar-refractivity contribution in [1.29, 1.82) is 0 Å². The molecule has 0 saturated heterocycles. The van der Waals surface area contributed by atoms with Gasteiger partial charge in [0, 0.05) is 17.7 Å². The van der Waals surface area contributed by atoms with E-state index < -0.39 is 0 Å². The Morgan fingerprint density at radius 3 is 2.95 bits per heavy atom. The van der Waals surface area contributed by atoms with Crippen LogP contribution in [0.3, 0.4) is 0 Å². The molecule has 0 saturated carbocycles. The fraction of sp³-hybridized carbons (Fsp3) is 0.533. The number of rotatable bonds is 1. The highest BCUT2D eigenvalue weighted by Crippen LogP contribution is 2.37. The predicted octanol–water partition coefficient (Wildman–Crippen LogP) is 2.64. The molecule has 1 aliphatic heterocycles. The highest BCUT2D eigenvalue weighted by atomic mass is 16.6. The lowest BCUT2D eigenvalue weighted by molar-refractivity contribution is -0.116. The van der Waals surface area contributed by atoms with Gasteiger partial charge in [0.25, 0.3) is 0 Å². The molecule has 6 heteroatoms. The van der Waals surface area contributed by atoms with Crippen LogP contribution in [0, 0.1) is 5.92 Å². The van der Waals surface area contributed by atoms with Gasteiger partial charge < -0.3 is 10.6 Å². The van der Waals surface area contributed by atoms with Crippen LogP contribution in [0.15, 0.2) is 28.1 Å². The molecule has 4 rings (SSSR count). The molecule has 6 nitrogen and oxygen atoms in total. The van der Waals surface area contributed by atoms with Crippen LogP contribution in [0.1, 0.15) is 38.5 Å². The highest BCUT2D eigenvalue weighted by molar-refractivity contribution is 6.00. The van der Waals surface area contributed by atoms with Crippen LogP contribution >= 0.6 is 0 Å². The van der Waals surface area contributed by atoms with Crippen molar-refractivity contribution in [3.63, 3.8) is 0 Å². The number of carbonyl (C=O) groups is 1. The number of fused-ring (bicyclic) bond motifs is 1. The Morgan fingerprint density at radius 1 is 1.19 bits per heavy atom. The second-order valence-electron chi connectivity index (χ2n) is 5.92. The molecule has 21 heavy (non-hydrogen) atoms. The van der Waals surface area contributed by atoms with E-state index >= 15 is 0 Å². The van der Waals surface area contributed by atoms with E-state index in [2.05, 4.69) is 33.1 Å². The predicted molar refractivity (Wildman–Crippen MR) is 77.7 cm³/mol. The van der Waals surface area contributed by atoms with Crippen LogP contribution < -0.4 is 10.6 Å². The minimum absolute atomic E-state index is 0.00148. The SMILES string of the molecule is O=C1CCCC2=C1[C@@H]([C@@H]1CC=CCC1)Nc1nonc1N2. The maximum absolute atomic E-state index is 12.5. The molecule has 110 valence electrons. The lowest BCUT2D eigenvalue weighted by Crippen LogP contribution is -2.36. The Kier molecular flexibility index (Phi) is 3.02. The number of hydrogen-bond acceptors (Lipinski definition) is 6. The van der Waals surface area contributed by atoms with Crippen molar-refractivity contribution in [2.24, 2.45) is 5.92 Å². The second kappa shape index (κ2) is 5.02. The molecule has 2 N–H and O–H groups in total. The minimum atomic E-state index is -0.00148. The van der Waals surface area contributed by atoms with E-state index in [0.717, 1.165) is 43.4 Å². The Balaban J connectivity index is 1.77. The summed E-state index contributed by atoms with van der Waals surface area (Å²) in [6.07, 6.45) is 9.97. The smallest absolute Gasteiger partial charge is 0.219 e. The van der Waals surface area contributed by atoms with Crippen molar-refractivity contribution in [2.75, 3.05) is 10.6 Å². The van der Waals surface area contributed by atoms with Crippen molar-refractivity contribution in [2.45, 2.75) is 44.6 Å². The van der Waals surface area contributed by atoms with Gasteiger partial charge in [-0.2, -0.15) is 0 Å². The monoisotopic (exact) mass is 286 g/mol. The van der Waals surface area contributed by atoms with Crippen molar-refractivity contribution in [3.8, 4) is 0 Å². The van der Waals surface area contributed by atoms with Crippen molar-refractivity contribution >= 4 is 17.4 Å². The second-order valence-corrected chi connectivity index (χ2v) is 5.92. The number of Topliss-reactive ketones (excluding diaryl/α,β-unsaturated/α-hetero) is 1. The van der Waals surface area contributed by atoms with Gasteiger partial charge in [-0.25, -0.2) is 4.63 Å². The van der Waals surface area contributed by atoms with E-state index in [1.54, 1.807) is 0 Å². The van der Waals surface area contributed by atoms with Crippen LogP contribution in [-0.2, 0) is 4.79 Å². The molecule has 0 unspecified atom stereocenters. The number of allylic oxidation sites excluding steroid dienone is 3. The molecule has 2 atom stereocenters. The largest absolute Gasteiger partial charge is 0.357 e. The molecule has 0 spiro atoms. The van der Waals surface area contributed by atoms with E-state index in [9.17, 15) is 4.79 Å². The summed E-state index contributed by atoms with van der Waals surface area (Å²) in [5, 5.41) is 14.5. The van der Waals surface area contributed by atoms with Crippen molar-refractivity contribution in [1.82, 2.24) is 10.3 Å². The third-order valence-electron chi connectivity index (χ3n) is 4.60. The van der Waals surface area contributed by atoms with Gasteiger partial charge in [0.2, 0.25) is 11.6 Å². The van der Waals surface area contributed by atoms with Gasteiger partial charge in [-0.1, -0.05) is 12.2 Å². The van der Waals surface area contributed by atoms with E-state index in [4.69, 9.17) is 4.63 Å². The minimum Gasteiger partial charge on any atom is -0.357 e. The maximum atomic E-state index is 12.5. The normalized spacial score (nSPS) is 28.3. The first-order valence-corrected chi connectivity index (χ1v) is 7.60. The zero-order valence-electron chi connectivity index (χ0n) is 11.8. The number of nitrogens with zero attached hydrogens (tertiary/aromatic N) is 2. The van der Waals surface area contributed by atoms with Crippen LogP contribution in [0.25, 0.3) is 0 Å². The summed E-state index contributed by atoms with van der Waals surface area (Å²) in [5.41, 5.74) is 1.90. The average Bonchev–Trinajstić information content (AvgIpc) is 2.87. The molecular formula is C15H18N4O2. The van der Waals surface area contributed by atoms with Gasteiger partial charge in [-0.05, 0) is 48.3 Å². The average molecular weight is 286 g/mol. The maximum Gasteiger partial charge on any atom is 0.219 e. The summed E-state index contributed by atoms with van der Waals surface area (Å²) in [6.45, 7) is 0. The first kappa shape index (κ1) is 12.6. The van der Waals surface area contributed by atoms with Gasteiger partial charge in [-0.3, -0.25) is 4.79 Å². The molecule has 1 aromatic rings. The van der Waals surface area contributed by atoms with E-state index in [1.807, 2.05) is 0 Å². The number of anilines is 2. The van der Waals surface area contributed by atoms with Gasteiger partial charge in [0.1, 0.15) is 0 Å². The van der Waals surface area contributed by atoms with Crippen LogP contribution in [-0.4, -0.2) is 22.1 Å².